The molecule has 1 saturated carbocycles. The highest BCUT2D eigenvalue weighted by Gasteiger charge is 2.27. The van der Waals surface area contributed by atoms with Gasteiger partial charge in [0.25, 0.3) is 0 Å². The molecule has 3 nitrogen and oxygen atoms in total. The summed E-state index contributed by atoms with van der Waals surface area (Å²) in [5.74, 6) is 1.53. The third-order valence-electron chi connectivity index (χ3n) is 4.96. The minimum atomic E-state index is 0.325. The maximum absolute atomic E-state index is 12.6. The van der Waals surface area contributed by atoms with Gasteiger partial charge in [-0.05, 0) is 44.6 Å². The van der Waals surface area contributed by atoms with Crippen molar-refractivity contribution in [3.8, 4) is 0 Å². The molecule has 0 unspecified atom stereocenters. The second kappa shape index (κ2) is 7.88. The predicted octanol–water partition coefficient (Wildman–Crippen LogP) is 2.93. The summed E-state index contributed by atoms with van der Waals surface area (Å²) in [7, 11) is 0. The lowest BCUT2D eigenvalue weighted by molar-refractivity contribution is -0.137. The number of carbonyl (C=O) groups excluding carboxylic acids is 1. The molecule has 0 aromatic carbocycles. The number of hydrogen-bond acceptors (Lipinski definition) is 2. The largest absolute Gasteiger partial charge is 0.342 e. The van der Waals surface area contributed by atoms with Crippen LogP contribution < -0.4 is 5.73 Å². The molecule has 2 aliphatic rings. The maximum atomic E-state index is 12.6. The van der Waals surface area contributed by atoms with Crippen LogP contribution in [-0.2, 0) is 4.79 Å². The van der Waals surface area contributed by atoms with Gasteiger partial charge in [0.2, 0.25) is 5.91 Å². The maximum Gasteiger partial charge on any atom is 0.225 e. The van der Waals surface area contributed by atoms with Gasteiger partial charge in [-0.2, -0.15) is 0 Å². The van der Waals surface area contributed by atoms with Gasteiger partial charge in [0.1, 0.15) is 0 Å². The van der Waals surface area contributed by atoms with E-state index in [2.05, 4.69) is 4.90 Å². The van der Waals surface area contributed by atoms with Crippen molar-refractivity contribution in [1.82, 2.24) is 4.90 Å². The fourth-order valence-corrected chi connectivity index (χ4v) is 3.64. The van der Waals surface area contributed by atoms with E-state index in [9.17, 15) is 4.79 Å². The molecule has 2 fully saturated rings. The van der Waals surface area contributed by atoms with Crippen molar-refractivity contribution in [2.45, 2.75) is 64.2 Å². The number of amides is 1. The van der Waals surface area contributed by atoms with Crippen LogP contribution in [0.1, 0.15) is 64.2 Å². The van der Waals surface area contributed by atoms with Crippen LogP contribution in [0.5, 0.6) is 0 Å². The zero-order valence-electron chi connectivity index (χ0n) is 12.3. The molecule has 3 heteroatoms. The first-order chi connectivity index (χ1) is 9.31. The summed E-state index contributed by atoms with van der Waals surface area (Å²) in [5.41, 5.74) is 5.62. The van der Waals surface area contributed by atoms with E-state index in [1.807, 2.05) is 0 Å². The smallest absolute Gasteiger partial charge is 0.225 e. The molecule has 2 rings (SSSR count). The second-order valence-corrected chi connectivity index (χ2v) is 6.39. The minimum Gasteiger partial charge on any atom is -0.342 e. The van der Waals surface area contributed by atoms with Gasteiger partial charge in [0.05, 0.1) is 0 Å². The van der Waals surface area contributed by atoms with Gasteiger partial charge < -0.3 is 10.6 Å². The fourth-order valence-electron chi connectivity index (χ4n) is 3.64. The van der Waals surface area contributed by atoms with E-state index in [1.54, 1.807) is 0 Å². The van der Waals surface area contributed by atoms with E-state index < -0.39 is 0 Å². The lowest BCUT2D eigenvalue weighted by Crippen LogP contribution is -2.42. The molecular formula is C16H30N2O. The Balaban J connectivity index is 1.79. The molecule has 1 aliphatic carbocycles. The molecule has 0 bridgehead atoms. The molecule has 1 saturated heterocycles. The predicted molar refractivity (Wildman–Crippen MR) is 78.8 cm³/mol. The molecule has 2 N–H and O–H groups in total. The Morgan fingerprint density at radius 3 is 2.11 bits per heavy atom. The number of likely N-dealkylation sites (tertiary alicyclic amines) is 1. The number of nitrogens with zero attached hydrogens (tertiary/aromatic N) is 1. The van der Waals surface area contributed by atoms with E-state index in [1.165, 1.54) is 32.1 Å². The highest BCUT2D eigenvalue weighted by atomic mass is 16.2. The fraction of sp³-hybridized carbons (Fsp3) is 0.938. The lowest BCUT2D eigenvalue weighted by Gasteiger charge is -2.34. The Hall–Kier alpha value is -0.570. The summed E-state index contributed by atoms with van der Waals surface area (Å²) in [4.78, 5) is 14.7. The van der Waals surface area contributed by atoms with Gasteiger partial charge in [0, 0.05) is 19.0 Å². The number of piperidine rings is 1. The van der Waals surface area contributed by atoms with E-state index >= 15 is 0 Å². The average Bonchev–Trinajstić information content (AvgIpc) is 2.39. The van der Waals surface area contributed by atoms with E-state index in [-0.39, 0.29) is 0 Å². The van der Waals surface area contributed by atoms with E-state index in [4.69, 9.17) is 5.73 Å². The normalized spacial score (nSPS) is 23.9. The quantitative estimate of drug-likeness (QED) is 0.853. The molecule has 1 heterocycles. The van der Waals surface area contributed by atoms with Crippen molar-refractivity contribution in [2.75, 3.05) is 19.6 Å². The molecule has 19 heavy (non-hydrogen) atoms. The van der Waals surface area contributed by atoms with Crippen LogP contribution in [-0.4, -0.2) is 30.4 Å². The standard InChI is InChI=1S/C16H30N2O/c17-11-8-14-9-12-18(13-10-14)16(19)15-6-4-2-1-3-5-7-15/h14-15H,1-13,17H2. The summed E-state index contributed by atoms with van der Waals surface area (Å²) in [6.45, 7) is 2.74. The minimum absolute atomic E-state index is 0.325. The third-order valence-corrected chi connectivity index (χ3v) is 4.96. The van der Waals surface area contributed by atoms with Crippen LogP contribution in [0.2, 0.25) is 0 Å². The van der Waals surface area contributed by atoms with Gasteiger partial charge >= 0.3 is 0 Å². The number of carbonyl (C=O) groups is 1. The number of nitrogens with two attached hydrogens (primary N) is 1. The van der Waals surface area contributed by atoms with Crippen molar-refractivity contribution < 1.29 is 4.79 Å². The third kappa shape index (κ3) is 4.48. The van der Waals surface area contributed by atoms with Gasteiger partial charge in [-0.25, -0.2) is 0 Å². The molecular weight excluding hydrogens is 236 g/mol. The van der Waals surface area contributed by atoms with Crippen LogP contribution >= 0.6 is 0 Å². The Morgan fingerprint density at radius 2 is 1.53 bits per heavy atom. The topological polar surface area (TPSA) is 46.3 Å². The van der Waals surface area contributed by atoms with Crippen LogP contribution in [0.3, 0.4) is 0 Å². The van der Waals surface area contributed by atoms with Gasteiger partial charge in [-0.3, -0.25) is 4.79 Å². The lowest BCUT2D eigenvalue weighted by atomic mass is 9.88. The Kier molecular flexibility index (Phi) is 6.15. The Labute approximate surface area is 117 Å². The number of rotatable bonds is 3. The first-order valence-electron chi connectivity index (χ1n) is 8.30. The monoisotopic (exact) mass is 266 g/mol. The van der Waals surface area contributed by atoms with E-state index in [0.717, 1.165) is 57.7 Å². The molecule has 0 aromatic heterocycles. The average molecular weight is 266 g/mol. The summed E-state index contributed by atoms with van der Waals surface area (Å²) in [6, 6.07) is 0. The SMILES string of the molecule is NCCC1CCN(C(=O)C2CCCCCCC2)CC1. The van der Waals surface area contributed by atoms with Crippen LogP contribution in [0, 0.1) is 11.8 Å². The van der Waals surface area contributed by atoms with Gasteiger partial charge in [-0.1, -0.05) is 32.1 Å². The highest BCUT2D eigenvalue weighted by Crippen LogP contribution is 2.27. The van der Waals surface area contributed by atoms with Crippen molar-refractivity contribution >= 4 is 5.91 Å². The van der Waals surface area contributed by atoms with Crippen molar-refractivity contribution in [1.29, 1.82) is 0 Å². The van der Waals surface area contributed by atoms with Gasteiger partial charge in [0.15, 0.2) is 0 Å². The summed E-state index contributed by atoms with van der Waals surface area (Å²) < 4.78 is 0. The van der Waals surface area contributed by atoms with Gasteiger partial charge in [-0.15, -0.1) is 0 Å². The molecule has 110 valence electrons. The molecule has 1 aliphatic heterocycles. The van der Waals surface area contributed by atoms with Crippen LogP contribution in [0.15, 0.2) is 0 Å². The Bertz CT molecular complexity index is 264. The van der Waals surface area contributed by atoms with Crippen molar-refractivity contribution in [3.63, 3.8) is 0 Å². The molecule has 0 aromatic rings. The first-order valence-corrected chi connectivity index (χ1v) is 8.30. The molecule has 0 atom stereocenters. The number of hydrogen-bond donors (Lipinski definition) is 1. The second-order valence-electron chi connectivity index (χ2n) is 6.39. The zero-order chi connectivity index (χ0) is 13.5. The Morgan fingerprint density at radius 1 is 0.947 bits per heavy atom. The van der Waals surface area contributed by atoms with Crippen LogP contribution in [0.25, 0.3) is 0 Å². The van der Waals surface area contributed by atoms with E-state index in [0.29, 0.717) is 11.8 Å². The molecule has 0 spiro atoms. The summed E-state index contributed by atoms with van der Waals surface area (Å²) in [6.07, 6.45) is 12.2. The first kappa shape index (κ1) is 14.8. The highest BCUT2D eigenvalue weighted by molar-refractivity contribution is 5.78. The summed E-state index contributed by atoms with van der Waals surface area (Å²) in [5, 5.41) is 0. The van der Waals surface area contributed by atoms with Crippen LogP contribution in [0.4, 0.5) is 0 Å². The van der Waals surface area contributed by atoms with Crippen molar-refractivity contribution in [2.24, 2.45) is 17.6 Å². The molecule has 0 radical (unpaired) electrons. The summed E-state index contributed by atoms with van der Waals surface area (Å²) >= 11 is 0. The van der Waals surface area contributed by atoms with Crippen molar-refractivity contribution in [3.05, 3.63) is 0 Å². The zero-order valence-corrected chi connectivity index (χ0v) is 12.3. The molecule has 1 amide bonds.